The molecule has 1 atom stereocenters. The normalized spacial score (nSPS) is 12.2. The lowest BCUT2D eigenvalue weighted by Gasteiger charge is -2.20. The highest BCUT2D eigenvalue weighted by molar-refractivity contribution is 5.68. The Balaban J connectivity index is 3.02. The van der Waals surface area contributed by atoms with Gasteiger partial charge in [-0.25, -0.2) is 0 Å². The highest BCUT2D eigenvalue weighted by Gasteiger charge is 2.22. The monoisotopic (exact) mass is 295 g/mol. The fraction of sp³-hybridized carbons (Fsp3) is 0.600. The Morgan fingerprint density at radius 2 is 2.14 bits per heavy atom. The van der Waals surface area contributed by atoms with E-state index in [0.717, 1.165) is 12.8 Å². The molecule has 0 aromatic heterocycles. The van der Waals surface area contributed by atoms with E-state index >= 15 is 0 Å². The molecule has 0 radical (unpaired) electrons. The van der Waals surface area contributed by atoms with Crippen LogP contribution < -0.4 is 15.8 Å². The number of para-hydroxylation sites is 1. The van der Waals surface area contributed by atoms with E-state index in [1.165, 1.54) is 0 Å². The number of nitrogens with one attached hydrogen (secondary N) is 1. The van der Waals surface area contributed by atoms with E-state index in [-0.39, 0.29) is 11.7 Å². The summed E-state index contributed by atoms with van der Waals surface area (Å²) in [6.07, 6.45) is 1.65. The van der Waals surface area contributed by atoms with Crippen molar-refractivity contribution in [3.63, 3.8) is 0 Å². The molecule has 0 saturated carbocycles. The Labute approximate surface area is 125 Å². The Kier molecular flexibility index (Phi) is 6.94. The van der Waals surface area contributed by atoms with Gasteiger partial charge in [0.15, 0.2) is 5.75 Å². The van der Waals surface area contributed by atoms with E-state index in [1.807, 2.05) is 6.92 Å². The van der Waals surface area contributed by atoms with E-state index in [4.69, 9.17) is 10.5 Å². The number of nitro groups is 1. The SMILES string of the molecule is CCCOc1cccc(NC(CN)CC(C)C)c1[N+](=O)[O-]. The van der Waals surface area contributed by atoms with Crippen LogP contribution in [0.15, 0.2) is 18.2 Å². The molecule has 0 spiro atoms. The Bertz CT molecular complexity index is 463. The summed E-state index contributed by atoms with van der Waals surface area (Å²) in [6.45, 7) is 7.03. The average Bonchev–Trinajstić information content (AvgIpc) is 2.43. The van der Waals surface area contributed by atoms with Crippen molar-refractivity contribution in [1.82, 2.24) is 0 Å². The minimum atomic E-state index is -0.406. The van der Waals surface area contributed by atoms with Crippen LogP contribution in [0.25, 0.3) is 0 Å². The van der Waals surface area contributed by atoms with Gasteiger partial charge in [0.1, 0.15) is 5.69 Å². The van der Waals surface area contributed by atoms with Gasteiger partial charge in [-0.15, -0.1) is 0 Å². The zero-order chi connectivity index (χ0) is 15.8. The van der Waals surface area contributed by atoms with Gasteiger partial charge in [-0.3, -0.25) is 10.1 Å². The zero-order valence-corrected chi connectivity index (χ0v) is 13.0. The summed E-state index contributed by atoms with van der Waals surface area (Å²) in [4.78, 5) is 10.9. The number of ether oxygens (including phenoxy) is 1. The van der Waals surface area contributed by atoms with Crippen molar-refractivity contribution < 1.29 is 9.66 Å². The van der Waals surface area contributed by atoms with Crippen molar-refractivity contribution >= 4 is 11.4 Å². The van der Waals surface area contributed by atoms with E-state index in [2.05, 4.69) is 19.2 Å². The summed E-state index contributed by atoms with van der Waals surface area (Å²) in [5, 5.41) is 14.5. The van der Waals surface area contributed by atoms with Crippen LogP contribution in [0, 0.1) is 16.0 Å². The van der Waals surface area contributed by atoms with Crippen LogP contribution in [0.4, 0.5) is 11.4 Å². The number of hydrogen-bond acceptors (Lipinski definition) is 5. The predicted octanol–water partition coefficient (Wildman–Crippen LogP) is 3.17. The Morgan fingerprint density at radius 1 is 1.43 bits per heavy atom. The minimum absolute atomic E-state index is 0.00475. The standard InChI is InChI=1S/C15H25N3O3/c1-4-8-21-14-7-5-6-13(15(14)18(19)20)17-12(10-16)9-11(2)3/h5-7,11-12,17H,4,8-10,16H2,1-3H3. The molecule has 0 aliphatic carbocycles. The first-order valence-corrected chi connectivity index (χ1v) is 7.36. The molecule has 0 amide bonds. The quantitative estimate of drug-likeness (QED) is 0.539. The summed E-state index contributed by atoms with van der Waals surface area (Å²) in [7, 11) is 0. The lowest BCUT2D eigenvalue weighted by molar-refractivity contribution is -0.385. The molecule has 6 nitrogen and oxygen atoms in total. The molecular weight excluding hydrogens is 270 g/mol. The lowest BCUT2D eigenvalue weighted by Crippen LogP contribution is -2.30. The second-order valence-corrected chi connectivity index (χ2v) is 5.46. The van der Waals surface area contributed by atoms with Crippen LogP contribution in [0.1, 0.15) is 33.6 Å². The number of nitro benzene ring substituents is 1. The molecule has 0 aliphatic rings. The van der Waals surface area contributed by atoms with Crippen LogP contribution in [-0.2, 0) is 0 Å². The van der Waals surface area contributed by atoms with Gasteiger partial charge >= 0.3 is 5.69 Å². The molecule has 1 aromatic rings. The largest absolute Gasteiger partial charge is 0.487 e. The number of benzene rings is 1. The van der Waals surface area contributed by atoms with Gasteiger partial charge in [-0.2, -0.15) is 0 Å². The van der Waals surface area contributed by atoms with E-state index in [0.29, 0.717) is 30.5 Å². The van der Waals surface area contributed by atoms with Gasteiger partial charge in [0, 0.05) is 12.6 Å². The molecule has 0 heterocycles. The van der Waals surface area contributed by atoms with Gasteiger partial charge in [0.25, 0.3) is 0 Å². The molecule has 118 valence electrons. The van der Waals surface area contributed by atoms with Gasteiger partial charge in [-0.1, -0.05) is 26.8 Å². The van der Waals surface area contributed by atoms with E-state index in [9.17, 15) is 10.1 Å². The second-order valence-electron chi connectivity index (χ2n) is 5.46. The van der Waals surface area contributed by atoms with Crippen molar-refractivity contribution in [2.24, 2.45) is 11.7 Å². The third kappa shape index (κ3) is 5.23. The smallest absolute Gasteiger partial charge is 0.333 e. The second kappa shape index (κ2) is 8.46. The summed E-state index contributed by atoms with van der Waals surface area (Å²) in [5.74, 6) is 0.761. The molecule has 0 fully saturated rings. The van der Waals surface area contributed by atoms with Crippen molar-refractivity contribution in [3.8, 4) is 5.75 Å². The first-order chi connectivity index (χ1) is 9.99. The van der Waals surface area contributed by atoms with E-state index in [1.54, 1.807) is 18.2 Å². The number of nitrogens with two attached hydrogens (primary N) is 1. The third-order valence-electron chi connectivity index (χ3n) is 3.04. The lowest BCUT2D eigenvalue weighted by atomic mass is 10.0. The van der Waals surface area contributed by atoms with Crippen LogP contribution >= 0.6 is 0 Å². The molecule has 3 N–H and O–H groups in total. The summed E-state index contributed by atoms with van der Waals surface area (Å²) in [6, 6.07) is 5.08. The maximum Gasteiger partial charge on any atom is 0.333 e. The highest BCUT2D eigenvalue weighted by atomic mass is 16.6. The van der Waals surface area contributed by atoms with E-state index < -0.39 is 4.92 Å². The van der Waals surface area contributed by atoms with Crippen molar-refractivity contribution in [3.05, 3.63) is 28.3 Å². The maximum atomic E-state index is 11.4. The van der Waals surface area contributed by atoms with Crippen LogP contribution in [0.5, 0.6) is 5.75 Å². The average molecular weight is 295 g/mol. The zero-order valence-electron chi connectivity index (χ0n) is 13.0. The molecule has 1 aromatic carbocycles. The molecule has 0 aliphatic heterocycles. The van der Waals surface area contributed by atoms with Crippen LogP contribution in [0.2, 0.25) is 0 Å². The number of nitrogens with zero attached hydrogens (tertiary/aromatic N) is 1. The molecule has 0 bridgehead atoms. The molecular formula is C15H25N3O3. The fourth-order valence-electron chi connectivity index (χ4n) is 2.16. The summed E-state index contributed by atoms with van der Waals surface area (Å²) < 4.78 is 5.47. The molecule has 1 rings (SSSR count). The van der Waals surface area contributed by atoms with Crippen molar-refractivity contribution in [2.45, 2.75) is 39.7 Å². The summed E-state index contributed by atoms with van der Waals surface area (Å²) >= 11 is 0. The highest BCUT2D eigenvalue weighted by Crippen LogP contribution is 2.35. The Hall–Kier alpha value is -1.82. The maximum absolute atomic E-state index is 11.4. The number of rotatable bonds is 9. The molecule has 21 heavy (non-hydrogen) atoms. The van der Waals surface area contributed by atoms with Gasteiger partial charge in [0.2, 0.25) is 0 Å². The summed E-state index contributed by atoms with van der Waals surface area (Å²) in [5.41, 5.74) is 6.19. The van der Waals surface area contributed by atoms with Crippen LogP contribution in [-0.4, -0.2) is 24.1 Å². The Morgan fingerprint density at radius 3 is 2.67 bits per heavy atom. The third-order valence-corrected chi connectivity index (χ3v) is 3.04. The number of anilines is 1. The molecule has 6 heteroatoms. The van der Waals surface area contributed by atoms with Crippen molar-refractivity contribution in [1.29, 1.82) is 0 Å². The van der Waals surface area contributed by atoms with Gasteiger partial charge < -0.3 is 15.8 Å². The fourth-order valence-corrected chi connectivity index (χ4v) is 2.16. The molecule has 1 unspecified atom stereocenters. The minimum Gasteiger partial charge on any atom is -0.487 e. The molecule has 0 saturated heterocycles. The van der Waals surface area contributed by atoms with Crippen LogP contribution in [0.3, 0.4) is 0 Å². The van der Waals surface area contributed by atoms with Gasteiger partial charge in [0.05, 0.1) is 11.5 Å². The van der Waals surface area contributed by atoms with Gasteiger partial charge in [-0.05, 0) is 30.9 Å². The first-order valence-electron chi connectivity index (χ1n) is 7.36. The topological polar surface area (TPSA) is 90.4 Å². The number of hydrogen-bond donors (Lipinski definition) is 2. The predicted molar refractivity (Wildman–Crippen MR) is 84.8 cm³/mol. The van der Waals surface area contributed by atoms with Crippen molar-refractivity contribution in [2.75, 3.05) is 18.5 Å². The first kappa shape index (κ1) is 17.2.